The van der Waals surface area contributed by atoms with Crippen molar-refractivity contribution in [1.29, 1.82) is 0 Å². The Morgan fingerprint density at radius 2 is 1.49 bits per heavy atom. The van der Waals surface area contributed by atoms with E-state index in [0.29, 0.717) is 11.8 Å². The van der Waals surface area contributed by atoms with Crippen LogP contribution in [0.5, 0.6) is 5.75 Å². The van der Waals surface area contributed by atoms with Crippen molar-refractivity contribution in [3.63, 3.8) is 0 Å². The van der Waals surface area contributed by atoms with Crippen LogP contribution >= 0.6 is 0 Å². The molecule has 1 heterocycles. The van der Waals surface area contributed by atoms with Gasteiger partial charge in [0.2, 0.25) is 0 Å². The highest BCUT2D eigenvalue weighted by Gasteiger charge is 2.27. The highest BCUT2D eigenvalue weighted by atomic mass is 16.3. The smallest absolute Gasteiger partial charge is 0.139 e. The molecule has 0 spiro atoms. The molecule has 0 atom stereocenters. The Morgan fingerprint density at radius 1 is 0.854 bits per heavy atom. The molecule has 224 valence electrons. The average Bonchev–Trinajstić information content (AvgIpc) is 2.91. The molecular weight excluding hydrogens is 504 g/mol. The first-order valence-corrected chi connectivity index (χ1v) is 15.9. The zero-order valence-electron chi connectivity index (χ0n) is 27.0. The monoisotopic (exact) mass is 558 g/mol. The average molecular weight is 559 g/mol. The van der Waals surface area contributed by atoms with Crippen LogP contribution in [0.15, 0.2) is 36.4 Å². The van der Waals surface area contributed by atoms with Gasteiger partial charge in [-0.3, -0.25) is 0 Å². The lowest BCUT2D eigenvalue weighted by molar-refractivity contribution is 0.275. The number of nitrogens with one attached hydrogen (secondary N) is 1. The predicted octanol–water partition coefficient (Wildman–Crippen LogP) is 8.10. The summed E-state index contributed by atoms with van der Waals surface area (Å²) in [6, 6.07) is 13.4. The van der Waals surface area contributed by atoms with Crippen LogP contribution in [0.25, 0.3) is 10.9 Å². The van der Waals surface area contributed by atoms with Crippen molar-refractivity contribution in [2.75, 3.05) is 25.5 Å². The van der Waals surface area contributed by atoms with Crippen LogP contribution in [-0.4, -0.2) is 41.8 Å². The predicted molar refractivity (Wildman–Crippen MR) is 174 cm³/mol. The van der Waals surface area contributed by atoms with E-state index in [2.05, 4.69) is 102 Å². The van der Waals surface area contributed by atoms with E-state index in [9.17, 15) is 5.11 Å². The summed E-state index contributed by atoms with van der Waals surface area (Å²) >= 11 is 0. The van der Waals surface area contributed by atoms with Crippen LogP contribution in [0.4, 0.5) is 5.82 Å². The van der Waals surface area contributed by atoms with Gasteiger partial charge in [0, 0.05) is 31.9 Å². The molecule has 1 fully saturated rings. The van der Waals surface area contributed by atoms with Crippen molar-refractivity contribution in [2.45, 2.75) is 116 Å². The fourth-order valence-corrected chi connectivity index (χ4v) is 6.33. The van der Waals surface area contributed by atoms with Gasteiger partial charge >= 0.3 is 0 Å². The minimum absolute atomic E-state index is 0.0798. The van der Waals surface area contributed by atoms with Crippen molar-refractivity contribution in [3.8, 4) is 5.75 Å². The molecule has 41 heavy (non-hydrogen) atoms. The molecule has 0 unspecified atom stereocenters. The van der Waals surface area contributed by atoms with Gasteiger partial charge in [-0.1, -0.05) is 78.6 Å². The van der Waals surface area contributed by atoms with Crippen molar-refractivity contribution >= 4 is 16.7 Å². The highest BCUT2D eigenvalue weighted by Crippen LogP contribution is 2.40. The second-order valence-corrected chi connectivity index (χ2v) is 14.6. The zero-order chi connectivity index (χ0) is 29.8. The Balaban J connectivity index is 1.21. The van der Waals surface area contributed by atoms with Crippen LogP contribution < -0.4 is 10.2 Å². The van der Waals surface area contributed by atoms with Gasteiger partial charge in [0.1, 0.15) is 17.4 Å². The van der Waals surface area contributed by atoms with E-state index in [1.165, 1.54) is 44.1 Å². The highest BCUT2D eigenvalue weighted by molar-refractivity contribution is 5.89. The van der Waals surface area contributed by atoms with Crippen LogP contribution in [-0.2, 0) is 23.7 Å². The number of unbranched alkanes of at least 4 members (excludes halogenated alkanes) is 1. The third-order valence-electron chi connectivity index (χ3n) is 8.79. The molecule has 5 nitrogen and oxygen atoms in total. The number of fused-ring (bicyclic) bond motifs is 1. The third kappa shape index (κ3) is 8.22. The second kappa shape index (κ2) is 13.1. The summed E-state index contributed by atoms with van der Waals surface area (Å²) < 4.78 is 0. The number of anilines is 1. The number of hydrogen-bond acceptors (Lipinski definition) is 5. The van der Waals surface area contributed by atoms with Crippen LogP contribution in [0.2, 0.25) is 0 Å². The van der Waals surface area contributed by atoms with Gasteiger partial charge in [0.05, 0.1) is 5.52 Å². The van der Waals surface area contributed by atoms with E-state index < -0.39 is 0 Å². The zero-order valence-corrected chi connectivity index (χ0v) is 27.0. The van der Waals surface area contributed by atoms with E-state index in [1.54, 1.807) is 0 Å². The lowest BCUT2D eigenvalue weighted by Gasteiger charge is -2.30. The van der Waals surface area contributed by atoms with E-state index in [4.69, 9.17) is 9.97 Å². The molecular formula is C36H54N4O. The number of rotatable bonds is 10. The van der Waals surface area contributed by atoms with E-state index in [1.807, 2.05) is 0 Å². The minimum Gasteiger partial charge on any atom is -0.507 e. The van der Waals surface area contributed by atoms with Gasteiger partial charge < -0.3 is 15.3 Å². The van der Waals surface area contributed by atoms with Crippen molar-refractivity contribution in [1.82, 2.24) is 15.3 Å². The lowest BCUT2D eigenvalue weighted by Crippen LogP contribution is -2.34. The van der Waals surface area contributed by atoms with Gasteiger partial charge in [-0.2, -0.15) is 0 Å². The molecule has 0 aliphatic heterocycles. The molecule has 0 amide bonds. The van der Waals surface area contributed by atoms with Crippen molar-refractivity contribution in [2.24, 2.45) is 5.92 Å². The lowest BCUT2D eigenvalue weighted by atomic mass is 9.78. The van der Waals surface area contributed by atoms with Gasteiger partial charge in [0.25, 0.3) is 0 Å². The van der Waals surface area contributed by atoms with Gasteiger partial charge in [-0.25, -0.2) is 9.97 Å². The number of aromatic nitrogens is 2. The van der Waals surface area contributed by atoms with E-state index in [0.717, 1.165) is 65.4 Å². The van der Waals surface area contributed by atoms with Crippen molar-refractivity contribution in [3.05, 3.63) is 58.9 Å². The number of aromatic hydroxyl groups is 1. The Hall–Kier alpha value is -2.66. The summed E-state index contributed by atoms with van der Waals surface area (Å²) in [6.07, 6.45) is 10.9. The fourth-order valence-electron chi connectivity index (χ4n) is 6.33. The van der Waals surface area contributed by atoms with Gasteiger partial charge in [-0.15, -0.1) is 0 Å². The second-order valence-electron chi connectivity index (χ2n) is 14.6. The first kappa shape index (κ1) is 31.3. The molecule has 1 aliphatic carbocycles. The molecule has 1 aliphatic rings. The molecule has 4 rings (SSSR count). The summed E-state index contributed by atoms with van der Waals surface area (Å²) in [5.41, 5.74) is 4.33. The summed E-state index contributed by atoms with van der Waals surface area (Å²) in [7, 11) is 4.12. The quantitative estimate of drug-likeness (QED) is 0.246. The number of aryl methyl sites for hydroxylation is 1. The molecule has 0 bridgehead atoms. The SMILES string of the molecule is CN(C)c1nc(CCCCC2CCC(NCCc3cc(C(C)(C)C)c(O)c(C(C)(C)C)c3)CC2)nc2ccccc12. The molecule has 5 heteroatoms. The number of nitrogens with zero attached hydrogens (tertiary/aromatic N) is 3. The molecule has 0 radical (unpaired) electrons. The van der Waals surface area contributed by atoms with E-state index in [-0.39, 0.29) is 10.8 Å². The Kier molecular flexibility index (Phi) is 10.00. The molecule has 2 N–H and O–H groups in total. The normalized spacial score (nSPS) is 18.1. The van der Waals surface area contributed by atoms with E-state index >= 15 is 0 Å². The molecule has 1 aromatic heterocycles. The maximum absolute atomic E-state index is 11.0. The number of hydrogen-bond donors (Lipinski definition) is 2. The standard InChI is InChI=1S/C36H54N4O/c1-35(2,3)29-23-26(24-30(33(29)41)36(4,5)6)21-22-37-27-19-17-25(18-20-27)13-9-12-16-32-38-31-15-11-10-14-28(31)34(39-32)40(7)8/h10-11,14-15,23-25,27,37,41H,9,12-13,16-22H2,1-8H3. The molecule has 0 saturated heterocycles. The topological polar surface area (TPSA) is 61.3 Å². The maximum atomic E-state index is 11.0. The summed E-state index contributed by atoms with van der Waals surface area (Å²) in [5.74, 6) is 3.32. The van der Waals surface area contributed by atoms with Crippen LogP contribution in [0.3, 0.4) is 0 Å². The summed E-state index contributed by atoms with van der Waals surface area (Å²) in [5, 5.41) is 16.0. The van der Waals surface area contributed by atoms with Crippen LogP contribution in [0, 0.1) is 5.92 Å². The first-order valence-electron chi connectivity index (χ1n) is 15.9. The Labute approximate surface area is 249 Å². The fraction of sp³-hybridized carbons (Fsp3) is 0.611. The number of para-hydroxylation sites is 1. The largest absolute Gasteiger partial charge is 0.507 e. The molecule has 3 aromatic rings. The number of benzene rings is 2. The van der Waals surface area contributed by atoms with Gasteiger partial charge in [0.15, 0.2) is 0 Å². The molecule has 1 saturated carbocycles. The minimum atomic E-state index is -0.0798. The van der Waals surface area contributed by atoms with Crippen LogP contribution in [0.1, 0.15) is 109 Å². The summed E-state index contributed by atoms with van der Waals surface area (Å²) in [4.78, 5) is 11.8. The third-order valence-corrected chi connectivity index (χ3v) is 8.79. The Morgan fingerprint density at radius 3 is 2.10 bits per heavy atom. The maximum Gasteiger partial charge on any atom is 0.139 e. The Bertz CT molecular complexity index is 1260. The number of phenolic OH excluding ortho intramolecular Hbond substituents is 1. The van der Waals surface area contributed by atoms with Gasteiger partial charge in [-0.05, 0) is 90.6 Å². The first-order chi connectivity index (χ1) is 19.3. The van der Waals surface area contributed by atoms with Crippen molar-refractivity contribution < 1.29 is 5.11 Å². The summed E-state index contributed by atoms with van der Waals surface area (Å²) in [6.45, 7) is 14.1. The number of phenols is 1. The molecule has 2 aromatic carbocycles.